The number of hydrogen-bond donors (Lipinski definition) is 0. The molecule has 2 aliphatic rings. The minimum atomic E-state index is 0.768. The van der Waals surface area contributed by atoms with Crippen LogP contribution in [0, 0.1) is 0 Å². The molecule has 0 amide bonds. The Morgan fingerprint density at radius 2 is 1.79 bits per heavy atom. The number of hydrogen-bond acceptors (Lipinski definition) is 6. The van der Waals surface area contributed by atoms with E-state index in [0.717, 1.165) is 56.2 Å². The summed E-state index contributed by atoms with van der Waals surface area (Å²) < 4.78 is 0. The topological polar surface area (TPSA) is 58.0 Å². The summed E-state index contributed by atoms with van der Waals surface area (Å²) in [6, 6.07) is 8.22. The van der Waals surface area contributed by atoms with Crippen LogP contribution in [0.1, 0.15) is 36.1 Å². The molecule has 3 aromatic heterocycles. The van der Waals surface area contributed by atoms with Crippen LogP contribution >= 0.6 is 0 Å². The van der Waals surface area contributed by atoms with E-state index in [9.17, 15) is 0 Å². The molecule has 5 rings (SSSR count). The molecule has 3 aromatic rings. The molecule has 0 aromatic carbocycles. The molecule has 6 heteroatoms. The number of aromatic nitrogens is 4. The van der Waals surface area contributed by atoms with Gasteiger partial charge in [-0.25, -0.2) is 15.0 Å². The first-order valence-electron chi connectivity index (χ1n) is 10.5. The third-order valence-corrected chi connectivity index (χ3v) is 5.85. The Labute approximate surface area is 171 Å². The first kappa shape index (κ1) is 18.2. The normalized spacial score (nSPS) is 17.2. The standard InChI is InChI=1S/C23H26N6/c1-2-11-29(12-3-1)23-19(7-5-10-25-23)16-28-13-8-21-20(17-28)15-26-22(27-21)18-6-4-9-24-14-18/h4-7,9-10,14-15H,1-3,8,11-13,16-17H2. The van der Waals surface area contributed by atoms with Crippen molar-refractivity contribution in [1.29, 1.82) is 0 Å². The minimum absolute atomic E-state index is 0.768. The van der Waals surface area contributed by atoms with Crippen molar-refractivity contribution in [2.45, 2.75) is 38.8 Å². The van der Waals surface area contributed by atoms with Crippen LogP contribution in [0.15, 0.2) is 49.1 Å². The highest BCUT2D eigenvalue weighted by Crippen LogP contribution is 2.26. The third kappa shape index (κ3) is 3.98. The molecular weight excluding hydrogens is 360 g/mol. The molecular formula is C23H26N6. The maximum absolute atomic E-state index is 4.82. The zero-order valence-corrected chi connectivity index (χ0v) is 16.7. The lowest BCUT2D eigenvalue weighted by Gasteiger charge is -2.32. The van der Waals surface area contributed by atoms with Crippen LogP contribution < -0.4 is 4.90 Å². The molecule has 0 unspecified atom stereocenters. The van der Waals surface area contributed by atoms with Gasteiger partial charge in [0.25, 0.3) is 0 Å². The van der Waals surface area contributed by atoms with Crippen LogP contribution in [0.2, 0.25) is 0 Å². The van der Waals surface area contributed by atoms with Crippen molar-refractivity contribution in [3.05, 3.63) is 65.9 Å². The number of fused-ring (bicyclic) bond motifs is 1. The van der Waals surface area contributed by atoms with E-state index in [1.54, 1.807) is 6.20 Å². The van der Waals surface area contributed by atoms with E-state index < -0.39 is 0 Å². The summed E-state index contributed by atoms with van der Waals surface area (Å²) in [5.74, 6) is 1.94. The first-order valence-corrected chi connectivity index (χ1v) is 10.5. The van der Waals surface area contributed by atoms with Crippen molar-refractivity contribution in [3.63, 3.8) is 0 Å². The van der Waals surface area contributed by atoms with Crippen molar-refractivity contribution in [2.24, 2.45) is 0 Å². The predicted molar refractivity (Wildman–Crippen MR) is 113 cm³/mol. The second-order valence-electron chi connectivity index (χ2n) is 7.90. The summed E-state index contributed by atoms with van der Waals surface area (Å²) in [6.45, 7) is 5.06. The van der Waals surface area contributed by atoms with Gasteiger partial charge in [-0.1, -0.05) is 6.07 Å². The molecule has 0 saturated carbocycles. The molecule has 6 nitrogen and oxygen atoms in total. The lowest BCUT2D eigenvalue weighted by Crippen LogP contribution is -2.34. The largest absolute Gasteiger partial charge is 0.356 e. The van der Waals surface area contributed by atoms with Crippen molar-refractivity contribution in [3.8, 4) is 11.4 Å². The van der Waals surface area contributed by atoms with E-state index in [0.29, 0.717) is 0 Å². The van der Waals surface area contributed by atoms with Crippen LogP contribution in [0.25, 0.3) is 11.4 Å². The molecule has 0 atom stereocenters. The van der Waals surface area contributed by atoms with Gasteiger partial charge in [0.05, 0.1) is 5.69 Å². The van der Waals surface area contributed by atoms with E-state index >= 15 is 0 Å². The number of nitrogens with zero attached hydrogens (tertiary/aromatic N) is 6. The summed E-state index contributed by atoms with van der Waals surface area (Å²) >= 11 is 0. The molecule has 148 valence electrons. The van der Waals surface area contributed by atoms with Crippen LogP contribution in [0.5, 0.6) is 0 Å². The highest BCUT2D eigenvalue weighted by atomic mass is 15.2. The number of piperidine rings is 1. The van der Waals surface area contributed by atoms with Crippen LogP contribution in [0.4, 0.5) is 5.82 Å². The fourth-order valence-corrected chi connectivity index (χ4v) is 4.33. The molecule has 0 N–H and O–H groups in total. The van der Waals surface area contributed by atoms with Gasteiger partial charge in [0.2, 0.25) is 0 Å². The SMILES string of the molecule is c1cncc(-c2ncc3c(n2)CCN(Cc2cccnc2N2CCCCC2)C3)c1. The highest BCUT2D eigenvalue weighted by molar-refractivity contribution is 5.53. The highest BCUT2D eigenvalue weighted by Gasteiger charge is 2.22. The Morgan fingerprint density at radius 3 is 2.66 bits per heavy atom. The maximum Gasteiger partial charge on any atom is 0.160 e. The lowest BCUT2D eigenvalue weighted by molar-refractivity contribution is 0.243. The fourth-order valence-electron chi connectivity index (χ4n) is 4.33. The molecule has 0 spiro atoms. The fraction of sp³-hybridized carbons (Fsp3) is 0.391. The zero-order chi connectivity index (χ0) is 19.5. The van der Waals surface area contributed by atoms with Gasteiger partial charge in [-0.05, 0) is 37.5 Å². The summed E-state index contributed by atoms with van der Waals surface area (Å²) in [7, 11) is 0. The second-order valence-corrected chi connectivity index (χ2v) is 7.90. The van der Waals surface area contributed by atoms with Crippen LogP contribution in [0.3, 0.4) is 0 Å². The van der Waals surface area contributed by atoms with E-state index in [2.05, 4.69) is 31.9 Å². The Kier molecular flexibility index (Phi) is 5.17. The minimum Gasteiger partial charge on any atom is -0.356 e. The lowest BCUT2D eigenvalue weighted by atomic mass is 10.1. The molecule has 2 aliphatic heterocycles. The first-order chi connectivity index (χ1) is 14.4. The van der Waals surface area contributed by atoms with Crippen molar-refractivity contribution in [2.75, 3.05) is 24.5 Å². The second kappa shape index (κ2) is 8.25. The van der Waals surface area contributed by atoms with E-state index in [4.69, 9.17) is 9.97 Å². The summed E-state index contributed by atoms with van der Waals surface area (Å²) in [6.07, 6.45) is 12.3. The molecule has 29 heavy (non-hydrogen) atoms. The van der Waals surface area contributed by atoms with Crippen molar-refractivity contribution in [1.82, 2.24) is 24.8 Å². The van der Waals surface area contributed by atoms with Crippen LogP contribution in [-0.2, 0) is 19.5 Å². The third-order valence-electron chi connectivity index (χ3n) is 5.85. The average molecular weight is 387 g/mol. The van der Waals surface area contributed by atoms with Gasteiger partial charge >= 0.3 is 0 Å². The summed E-state index contributed by atoms with van der Waals surface area (Å²) in [5, 5.41) is 0. The Morgan fingerprint density at radius 1 is 0.897 bits per heavy atom. The summed E-state index contributed by atoms with van der Waals surface area (Å²) in [4.78, 5) is 23.3. The zero-order valence-electron chi connectivity index (χ0n) is 16.7. The quantitative estimate of drug-likeness (QED) is 0.684. The van der Waals surface area contributed by atoms with Gasteiger partial charge in [-0.15, -0.1) is 0 Å². The number of anilines is 1. The Bertz CT molecular complexity index is 968. The van der Waals surface area contributed by atoms with Gasteiger partial charge < -0.3 is 4.90 Å². The molecule has 0 radical (unpaired) electrons. The average Bonchev–Trinajstić information content (AvgIpc) is 2.80. The Balaban J connectivity index is 1.32. The molecule has 0 aliphatic carbocycles. The smallest absolute Gasteiger partial charge is 0.160 e. The van der Waals surface area contributed by atoms with E-state index in [-0.39, 0.29) is 0 Å². The van der Waals surface area contributed by atoms with Gasteiger partial charge in [0.1, 0.15) is 5.82 Å². The van der Waals surface area contributed by atoms with E-state index in [1.165, 1.54) is 36.2 Å². The van der Waals surface area contributed by atoms with Crippen LogP contribution in [-0.4, -0.2) is 44.5 Å². The molecule has 5 heterocycles. The molecule has 0 bridgehead atoms. The van der Waals surface area contributed by atoms with Gasteiger partial charge in [0.15, 0.2) is 5.82 Å². The van der Waals surface area contributed by atoms with Gasteiger partial charge in [-0.3, -0.25) is 9.88 Å². The monoisotopic (exact) mass is 386 g/mol. The maximum atomic E-state index is 4.82. The van der Waals surface area contributed by atoms with Crippen molar-refractivity contribution < 1.29 is 0 Å². The predicted octanol–water partition coefficient (Wildman–Crippen LogP) is 3.48. The van der Waals surface area contributed by atoms with Crippen molar-refractivity contribution >= 4 is 5.82 Å². The summed E-state index contributed by atoms with van der Waals surface area (Å²) in [5.41, 5.74) is 4.69. The van der Waals surface area contributed by atoms with Gasteiger partial charge in [-0.2, -0.15) is 0 Å². The molecule has 1 saturated heterocycles. The van der Waals surface area contributed by atoms with E-state index in [1.807, 2.05) is 30.7 Å². The number of pyridine rings is 2. The van der Waals surface area contributed by atoms with Gasteiger partial charge in [0, 0.05) is 80.6 Å². The molecule has 1 fully saturated rings. The number of rotatable bonds is 4. The Hall–Kier alpha value is -2.86.